The van der Waals surface area contributed by atoms with Crippen molar-refractivity contribution in [1.29, 1.82) is 0 Å². The van der Waals surface area contributed by atoms with Gasteiger partial charge in [0.05, 0.1) is 10.2 Å². The first-order valence-corrected chi connectivity index (χ1v) is 31.5. The van der Waals surface area contributed by atoms with Crippen LogP contribution in [0.2, 0.25) is 26.2 Å². The summed E-state index contributed by atoms with van der Waals surface area (Å²) in [6, 6.07) is 84.5. The standard InChI is InChI=1S/C65H49N3SSi2/c1-70(2)59-25-13-8-20-54(59)67(55-21-9-14-26-60(55)70)47-36-38-50-51(40-47)63(43-30-32-44(33-31-43)65-66-53-19-7-12-24-58(53)69-65)49-37-35-48(41-52(49)64(50)46-34-29-42-17-5-6-18-45(42)39-46)68-56-22-10-15-27-61(56)71(3,4)62-28-16-11-23-57(62)68/h5-41H,1-4H3. The van der Waals surface area contributed by atoms with Gasteiger partial charge in [-0.2, -0.15) is 0 Å². The maximum Gasteiger partial charge on any atom is 0.124 e. The number of hydrogen-bond acceptors (Lipinski definition) is 4. The Morgan fingerprint density at radius 3 is 1.30 bits per heavy atom. The quantitative estimate of drug-likeness (QED) is 0.127. The monoisotopic (exact) mass is 959 g/mol. The van der Waals surface area contributed by atoms with Gasteiger partial charge in [0.1, 0.15) is 21.2 Å². The molecule has 2 aliphatic heterocycles. The molecule has 0 N–H and O–H groups in total. The van der Waals surface area contributed by atoms with Gasteiger partial charge in [-0.15, -0.1) is 11.3 Å². The Hall–Kier alpha value is -7.88. The number of thiazole rings is 1. The Morgan fingerprint density at radius 2 is 0.775 bits per heavy atom. The molecule has 0 atom stereocenters. The molecule has 0 radical (unpaired) electrons. The van der Waals surface area contributed by atoms with E-state index in [4.69, 9.17) is 4.98 Å². The molecule has 6 heteroatoms. The van der Waals surface area contributed by atoms with Gasteiger partial charge in [0.2, 0.25) is 0 Å². The van der Waals surface area contributed by atoms with Gasteiger partial charge < -0.3 is 9.80 Å². The summed E-state index contributed by atoms with van der Waals surface area (Å²) in [6.07, 6.45) is 0. The van der Waals surface area contributed by atoms with E-state index in [2.05, 4.69) is 260 Å². The van der Waals surface area contributed by atoms with Crippen LogP contribution in [0.25, 0.3) is 75.4 Å². The summed E-state index contributed by atoms with van der Waals surface area (Å²) in [4.78, 5) is 10.1. The molecule has 12 aromatic rings. The van der Waals surface area contributed by atoms with Crippen molar-refractivity contribution in [3.63, 3.8) is 0 Å². The Kier molecular flexibility index (Phi) is 9.37. The highest BCUT2D eigenvalue weighted by molar-refractivity contribution is 7.21. The first-order chi connectivity index (χ1) is 34.7. The smallest absolute Gasteiger partial charge is 0.124 e. The molecular formula is C65H49N3SSi2. The average Bonchev–Trinajstić information content (AvgIpc) is 3.85. The van der Waals surface area contributed by atoms with Gasteiger partial charge in [-0.3, -0.25) is 0 Å². The predicted octanol–water partition coefficient (Wildman–Crippen LogP) is 16.0. The molecule has 338 valence electrons. The highest BCUT2D eigenvalue weighted by Gasteiger charge is 2.40. The Balaban J connectivity index is 1.07. The van der Waals surface area contributed by atoms with Crippen molar-refractivity contribution in [2.24, 2.45) is 0 Å². The highest BCUT2D eigenvalue weighted by atomic mass is 32.1. The summed E-state index contributed by atoms with van der Waals surface area (Å²) >= 11 is 1.75. The van der Waals surface area contributed by atoms with E-state index in [9.17, 15) is 0 Å². The molecule has 0 fully saturated rings. The van der Waals surface area contributed by atoms with E-state index in [0.29, 0.717) is 0 Å². The average molecular weight is 960 g/mol. The van der Waals surface area contributed by atoms with Gasteiger partial charge in [0.25, 0.3) is 0 Å². The van der Waals surface area contributed by atoms with Gasteiger partial charge >= 0.3 is 0 Å². The fourth-order valence-electron chi connectivity index (χ4n) is 12.1. The zero-order valence-corrected chi connectivity index (χ0v) is 42.9. The molecule has 11 aromatic carbocycles. The van der Waals surface area contributed by atoms with Gasteiger partial charge in [0, 0.05) is 39.7 Å². The molecule has 71 heavy (non-hydrogen) atoms. The van der Waals surface area contributed by atoms with E-state index in [1.54, 1.807) is 11.3 Å². The second-order valence-electron chi connectivity index (χ2n) is 20.3. The van der Waals surface area contributed by atoms with Crippen LogP contribution >= 0.6 is 11.3 Å². The minimum atomic E-state index is -2.00. The molecule has 0 saturated heterocycles. The van der Waals surface area contributed by atoms with E-state index in [1.165, 1.54) is 103 Å². The molecule has 3 nitrogen and oxygen atoms in total. The van der Waals surface area contributed by atoms with E-state index in [0.717, 1.165) is 27.5 Å². The lowest BCUT2D eigenvalue weighted by Gasteiger charge is -2.41. The van der Waals surface area contributed by atoms with Crippen LogP contribution in [-0.2, 0) is 0 Å². The molecular weight excluding hydrogens is 911 g/mol. The third-order valence-electron chi connectivity index (χ3n) is 15.6. The maximum atomic E-state index is 5.07. The van der Waals surface area contributed by atoms with Gasteiger partial charge in [0.15, 0.2) is 0 Å². The molecule has 2 aliphatic rings. The van der Waals surface area contributed by atoms with Crippen molar-refractivity contribution in [3.8, 4) is 32.8 Å². The van der Waals surface area contributed by atoms with Crippen LogP contribution in [0.1, 0.15) is 0 Å². The second-order valence-corrected chi connectivity index (χ2v) is 30.0. The summed E-state index contributed by atoms with van der Waals surface area (Å²) in [5, 5.41) is 14.2. The largest absolute Gasteiger partial charge is 0.311 e. The summed E-state index contributed by atoms with van der Waals surface area (Å²) in [6.45, 7) is 10.00. The van der Waals surface area contributed by atoms with Crippen LogP contribution in [0.4, 0.5) is 34.1 Å². The molecule has 1 aromatic heterocycles. The molecule has 0 amide bonds. The van der Waals surface area contributed by atoms with Crippen molar-refractivity contribution >= 4 is 125 Å². The second kappa shape index (κ2) is 15.8. The number of anilines is 6. The number of aromatic nitrogens is 1. The molecule has 3 heterocycles. The summed E-state index contributed by atoms with van der Waals surface area (Å²) in [5.41, 5.74) is 14.4. The minimum Gasteiger partial charge on any atom is -0.311 e. The number of fused-ring (bicyclic) bond motifs is 8. The normalized spacial score (nSPS) is 14.4. The van der Waals surface area contributed by atoms with Crippen molar-refractivity contribution in [3.05, 3.63) is 224 Å². The summed E-state index contributed by atoms with van der Waals surface area (Å²) in [5.74, 6) is 0. The first kappa shape index (κ1) is 42.0. The van der Waals surface area contributed by atoms with Crippen LogP contribution in [0, 0.1) is 0 Å². The van der Waals surface area contributed by atoms with Gasteiger partial charge in [-0.25, -0.2) is 4.98 Å². The van der Waals surface area contributed by atoms with Crippen molar-refractivity contribution in [1.82, 2.24) is 4.98 Å². The van der Waals surface area contributed by atoms with Crippen LogP contribution in [0.3, 0.4) is 0 Å². The fraction of sp³-hybridized carbons (Fsp3) is 0.0615. The van der Waals surface area contributed by atoms with E-state index in [1.807, 2.05) is 0 Å². The van der Waals surface area contributed by atoms with E-state index in [-0.39, 0.29) is 0 Å². The number of rotatable bonds is 5. The Labute approximate surface area is 420 Å². The third-order valence-corrected chi connectivity index (χ3v) is 23.8. The zero-order chi connectivity index (χ0) is 47.6. The lowest BCUT2D eigenvalue weighted by molar-refractivity contribution is 1.29. The van der Waals surface area contributed by atoms with E-state index >= 15 is 0 Å². The van der Waals surface area contributed by atoms with Crippen LogP contribution < -0.4 is 30.5 Å². The number of benzene rings is 11. The zero-order valence-electron chi connectivity index (χ0n) is 40.1. The lowest BCUT2D eigenvalue weighted by atomic mass is 9.84. The summed E-state index contributed by atoms with van der Waals surface area (Å²) in [7, 11) is -4.00. The van der Waals surface area contributed by atoms with Gasteiger partial charge in [-0.05, 0) is 142 Å². The van der Waals surface area contributed by atoms with Gasteiger partial charge in [-0.1, -0.05) is 184 Å². The predicted molar refractivity (Wildman–Crippen MR) is 311 cm³/mol. The topological polar surface area (TPSA) is 19.4 Å². The molecule has 14 rings (SSSR count). The molecule has 0 unspecified atom stereocenters. The summed E-state index contributed by atoms with van der Waals surface area (Å²) < 4.78 is 1.20. The Bertz CT molecular complexity index is 4020. The van der Waals surface area contributed by atoms with Crippen LogP contribution in [-0.4, -0.2) is 21.1 Å². The molecule has 0 spiro atoms. The first-order valence-electron chi connectivity index (χ1n) is 24.7. The van der Waals surface area contributed by atoms with E-state index < -0.39 is 16.1 Å². The maximum absolute atomic E-state index is 5.07. The third kappa shape index (κ3) is 6.41. The van der Waals surface area contributed by atoms with Crippen LogP contribution in [0.5, 0.6) is 0 Å². The number of hydrogen-bond donors (Lipinski definition) is 0. The lowest BCUT2D eigenvalue weighted by Crippen LogP contribution is -2.58. The molecule has 0 bridgehead atoms. The van der Waals surface area contributed by atoms with Crippen LogP contribution in [0.15, 0.2) is 224 Å². The van der Waals surface area contributed by atoms with Crippen molar-refractivity contribution in [2.45, 2.75) is 26.2 Å². The molecule has 0 saturated carbocycles. The number of nitrogens with zero attached hydrogens (tertiary/aromatic N) is 3. The van der Waals surface area contributed by atoms with Crippen molar-refractivity contribution in [2.75, 3.05) is 9.80 Å². The van der Waals surface area contributed by atoms with Crippen molar-refractivity contribution < 1.29 is 0 Å². The minimum absolute atomic E-state index is 1.04. The molecule has 0 aliphatic carbocycles. The highest BCUT2D eigenvalue weighted by Crippen LogP contribution is 2.50. The SMILES string of the molecule is C[Si]1(C)c2ccccc2N(c2ccc3c(-c4ccc5ccccc5c4)c4cc(N5c6ccccc6[Si](C)(C)c6ccccc65)ccc4c(-c4ccc(-c5nc6ccccc6s5)cc4)c3c2)c2ccccc21. The fourth-order valence-corrected chi connectivity index (χ4v) is 19.1. The Morgan fingerprint density at radius 1 is 0.352 bits per heavy atom. The number of para-hydroxylation sites is 5.